The van der Waals surface area contributed by atoms with Crippen LogP contribution in [0.15, 0.2) is 35.4 Å². The minimum Gasteiger partial charge on any atom is -0.744 e. The number of H-pyrrole nitrogens is 1. The summed E-state index contributed by atoms with van der Waals surface area (Å²) in [7, 11) is -4.47. The molecule has 0 amide bonds. The van der Waals surface area contributed by atoms with Crippen molar-refractivity contribution in [2.24, 2.45) is 0 Å². The SMILES string of the molecule is Cc1ccc(S(=O)(=O)[O-])c(-c2ccn[nH]2)c1. The summed E-state index contributed by atoms with van der Waals surface area (Å²) in [5.41, 5.74) is 1.74. The maximum atomic E-state index is 11.1. The number of hydrogen-bond acceptors (Lipinski definition) is 4. The highest BCUT2D eigenvalue weighted by Gasteiger charge is 2.11. The third kappa shape index (κ3) is 1.98. The molecule has 84 valence electrons. The van der Waals surface area contributed by atoms with Crippen LogP contribution in [0.4, 0.5) is 0 Å². The van der Waals surface area contributed by atoms with E-state index in [1.165, 1.54) is 12.3 Å². The van der Waals surface area contributed by atoms with Crippen molar-refractivity contribution in [3.63, 3.8) is 0 Å². The normalized spacial score (nSPS) is 11.6. The van der Waals surface area contributed by atoms with Crippen LogP contribution < -0.4 is 0 Å². The number of rotatable bonds is 2. The average Bonchev–Trinajstić information content (AvgIpc) is 2.68. The number of benzene rings is 1. The Labute approximate surface area is 92.9 Å². The summed E-state index contributed by atoms with van der Waals surface area (Å²) in [4.78, 5) is -0.234. The van der Waals surface area contributed by atoms with Gasteiger partial charge < -0.3 is 4.55 Å². The maximum Gasteiger partial charge on any atom is 0.125 e. The third-order valence-electron chi connectivity index (χ3n) is 2.20. The molecule has 0 aliphatic carbocycles. The number of aryl methyl sites for hydroxylation is 1. The number of nitrogens with one attached hydrogen (secondary N) is 1. The van der Waals surface area contributed by atoms with E-state index in [1.54, 1.807) is 18.2 Å². The van der Waals surface area contributed by atoms with E-state index in [1.807, 2.05) is 6.92 Å². The lowest BCUT2D eigenvalue weighted by atomic mass is 10.1. The number of aromatic nitrogens is 2. The smallest absolute Gasteiger partial charge is 0.125 e. The van der Waals surface area contributed by atoms with E-state index in [9.17, 15) is 13.0 Å². The molecule has 0 saturated carbocycles. The van der Waals surface area contributed by atoms with E-state index < -0.39 is 10.1 Å². The topological polar surface area (TPSA) is 85.9 Å². The fraction of sp³-hybridized carbons (Fsp3) is 0.100. The summed E-state index contributed by atoms with van der Waals surface area (Å²) in [6.07, 6.45) is 1.50. The molecule has 0 saturated heterocycles. The van der Waals surface area contributed by atoms with Gasteiger partial charge in [0.25, 0.3) is 0 Å². The van der Waals surface area contributed by atoms with Gasteiger partial charge in [0.05, 0.1) is 10.6 Å². The molecule has 6 heteroatoms. The molecule has 1 N–H and O–H groups in total. The van der Waals surface area contributed by atoms with Crippen molar-refractivity contribution >= 4 is 10.1 Å². The second-order valence-corrected chi connectivity index (χ2v) is 4.77. The Morgan fingerprint density at radius 1 is 1.31 bits per heavy atom. The van der Waals surface area contributed by atoms with Crippen molar-refractivity contribution in [2.45, 2.75) is 11.8 Å². The second-order valence-electron chi connectivity index (χ2n) is 3.42. The average molecular weight is 237 g/mol. The van der Waals surface area contributed by atoms with Crippen molar-refractivity contribution in [2.75, 3.05) is 0 Å². The fourth-order valence-electron chi connectivity index (χ4n) is 1.48. The molecule has 1 heterocycles. The predicted molar refractivity (Wildman–Crippen MR) is 56.7 cm³/mol. The lowest BCUT2D eigenvalue weighted by Crippen LogP contribution is -2.01. The molecule has 0 bridgehead atoms. The summed E-state index contributed by atoms with van der Waals surface area (Å²) < 4.78 is 33.2. The van der Waals surface area contributed by atoms with Gasteiger partial charge >= 0.3 is 0 Å². The van der Waals surface area contributed by atoms with Crippen LogP contribution in [0, 0.1) is 6.92 Å². The van der Waals surface area contributed by atoms with Crippen LogP contribution in [0.3, 0.4) is 0 Å². The molecule has 16 heavy (non-hydrogen) atoms. The van der Waals surface area contributed by atoms with Crippen LogP contribution >= 0.6 is 0 Å². The van der Waals surface area contributed by atoms with Gasteiger partial charge in [-0.15, -0.1) is 0 Å². The first-order chi connectivity index (χ1) is 7.48. The molecule has 0 unspecified atom stereocenters. The first-order valence-corrected chi connectivity index (χ1v) is 5.95. The zero-order valence-electron chi connectivity index (χ0n) is 8.47. The summed E-state index contributed by atoms with van der Waals surface area (Å²) in [6, 6.07) is 6.15. The molecule has 2 rings (SSSR count). The number of nitrogens with zero attached hydrogens (tertiary/aromatic N) is 1. The Balaban J connectivity index is 2.73. The highest BCUT2D eigenvalue weighted by molar-refractivity contribution is 7.85. The molecule has 1 aromatic heterocycles. The van der Waals surface area contributed by atoms with Gasteiger partial charge in [-0.2, -0.15) is 5.10 Å². The molecule has 0 fully saturated rings. The van der Waals surface area contributed by atoms with Gasteiger partial charge in [0.1, 0.15) is 10.1 Å². The zero-order valence-corrected chi connectivity index (χ0v) is 9.28. The molecule has 0 radical (unpaired) electrons. The van der Waals surface area contributed by atoms with Crippen LogP contribution in [-0.2, 0) is 10.1 Å². The van der Waals surface area contributed by atoms with E-state index in [2.05, 4.69) is 10.2 Å². The first-order valence-electron chi connectivity index (χ1n) is 4.55. The Morgan fingerprint density at radius 3 is 2.62 bits per heavy atom. The van der Waals surface area contributed by atoms with E-state index in [0.29, 0.717) is 11.3 Å². The predicted octanol–water partition coefficient (Wildman–Crippen LogP) is 1.29. The van der Waals surface area contributed by atoms with E-state index >= 15 is 0 Å². The molecular formula is C10H9N2O3S-. The molecule has 0 aliphatic rings. The van der Waals surface area contributed by atoms with E-state index in [-0.39, 0.29) is 4.90 Å². The Morgan fingerprint density at radius 2 is 2.06 bits per heavy atom. The van der Waals surface area contributed by atoms with Crippen LogP contribution in [-0.4, -0.2) is 23.2 Å². The second kappa shape index (κ2) is 3.73. The lowest BCUT2D eigenvalue weighted by Gasteiger charge is -2.12. The molecule has 0 spiro atoms. The molecule has 2 aromatic rings. The Hall–Kier alpha value is -1.66. The van der Waals surface area contributed by atoms with Gasteiger partial charge in [0.2, 0.25) is 0 Å². The number of aromatic amines is 1. The van der Waals surface area contributed by atoms with Crippen molar-refractivity contribution in [3.8, 4) is 11.3 Å². The Kier molecular flexibility index (Phi) is 2.53. The fourth-order valence-corrected chi connectivity index (χ4v) is 2.15. The summed E-state index contributed by atoms with van der Waals surface area (Å²) in [6.45, 7) is 1.82. The van der Waals surface area contributed by atoms with Gasteiger partial charge in [0, 0.05) is 11.8 Å². The van der Waals surface area contributed by atoms with Gasteiger partial charge in [-0.25, -0.2) is 8.42 Å². The van der Waals surface area contributed by atoms with Crippen LogP contribution in [0.2, 0.25) is 0 Å². The molecule has 5 nitrogen and oxygen atoms in total. The van der Waals surface area contributed by atoms with Crippen LogP contribution in [0.1, 0.15) is 5.56 Å². The van der Waals surface area contributed by atoms with E-state index in [4.69, 9.17) is 0 Å². The third-order valence-corrected chi connectivity index (χ3v) is 3.09. The summed E-state index contributed by atoms with van der Waals surface area (Å²) >= 11 is 0. The maximum absolute atomic E-state index is 11.1. The van der Waals surface area contributed by atoms with Gasteiger partial charge in [-0.3, -0.25) is 5.10 Å². The van der Waals surface area contributed by atoms with Crippen molar-refractivity contribution < 1.29 is 13.0 Å². The molecular weight excluding hydrogens is 228 g/mol. The summed E-state index contributed by atoms with van der Waals surface area (Å²) in [5.74, 6) is 0. The zero-order chi connectivity index (χ0) is 11.8. The van der Waals surface area contributed by atoms with Gasteiger partial charge in [-0.1, -0.05) is 11.6 Å². The van der Waals surface area contributed by atoms with Crippen molar-refractivity contribution in [3.05, 3.63) is 36.0 Å². The highest BCUT2D eigenvalue weighted by atomic mass is 32.2. The van der Waals surface area contributed by atoms with Crippen LogP contribution in [0.25, 0.3) is 11.3 Å². The quantitative estimate of drug-likeness (QED) is 0.797. The van der Waals surface area contributed by atoms with Gasteiger partial charge in [0.15, 0.2) is 0 Å². The van der Waals surface area contributed by atoms with Crippen LogP contribution in [0.5, 0.6) is 0 Å². The monoisotopic (exact) mass is 237 g/mol. The van der Waals surface area contributed by atoms with Crippen molar-refractivity contribution in [1.82, 2.24) is 10.2 Å². The molecule has 0 aliphatic heterocycles. The van der Waals surface area contributed by atoms with E-state index in [0.717, 1.165) is 5.56 Å². The number of hydrogen-bond donors (Lipinski definition) is 1. The summed E-state index contributed by atoms with van der Waals surface area (Å²) in [5, 5.41) is 6.37. The van der Waals surface area contributed by atoms with Crippen molar-refractivity contribution in [1.29, 1.82) is 0 Å². The molecule has 0 atom stereocenters. The molecule has 1 aromatic carbocycles. The Bertz CT molecular complexity index is 603. The minimum atomic E-state index is -4.47. The van der Waals surface area contributed by atoms with Gasteiger partial charge in [-0.05, 0) is 25.1 Å². The lowest BCUT2D eigenvalue weighted by molar-refractivity contribution is 0.463. The largest absolute Gasteiger partial charge is 0.744 e. The highest BCUT2D eigenvalue weighted by Crippen LogP contribution is 2.26. The first kappa shape index (κ1) is 10.8. The standard InChI is InChI=1S/C10H10N2O3S/c1-7-2-3-10(16(13,14)15)8(6-7)9-4-5-11-12-9/h2-6H,1H3,(H,11,12)(H,13,14,15)/p-1. The minimum absolute atomic E-state index is 0.234.